The van der Waals surface area contributed by atoms with Gasteiger partial charge in [0.05, 0.1) is 38.5 Å². The van der Waals surface area contributed by atoms with Crippen LogP contribution in [0.5, 0.6) is 11.5 Å². The van der Waals surface area contributed by atoms with Crippen LogP contribution in [-0.4, -0.2) is 62.3 Å². The lowest BCUT2D eigenvalue weighted by molar-refractivity contribution is -0.127. The van der Waals surface area contributed by atoms with Crippen LogP contribution in [-0.2, 0) is 9.59 Å². The Morgan fingerprint density at radius 1 is 1.42 bits per heavy atom. The van der Waals surface area contributed by atoms with Gasteiger partial charge < -0.3 is 24.8 Å². The van der Waals surface area contributed by atoms with Gasteiger partial charge >= 0.3 is 0 Å². The van der Waals surface area contributed by atoms with Crippen molar-refractivity contribution in [3.8, 4) is 11.5 Å². The summed E-state index contributed by atoms with van der Waals surface area (Å²) in [6, 6.07) is 4.93. The lowest BCUT2D eigenvalue weighted by Crippen LogP contribution is -2.42. The summed E-state index contributed by atoms with van der Waals surface area (Å²) >= 11 is 1.66. The fourth-order valence-corrected chi connectivity index (χ4v) is 3.43. The maximum absolute atomic E-state index is 12.5. The van der Waals surface area contributed by atoms with Gasteiger partial charge in [0.1, 0.15) is 11.5 Å². The highest BCUT2D eigenvalue weighted by Crippen LogP contribution is 2.35. The largest absolute Gasteiger partial charge is 0.497 e. The zero-order chi connectivity index (χ0) is 19.1. The maximum atomic E-state index is 12.5. The minimum atomic E-state index is -0.447. The number of aliphatic hydroxyl groups is 1. The van der Waals surface area contributed by atoms with E-state index in [0.29, 0.717) is 23.6 Å². The Morgan fingerprint density at radius 3 is 2.81 bits per heavy atom. The van der Waals surface area contributed by atoms with E-state index < -0.39 is 5.92 Å². The monoisotopic (exact) mass is 382 g/mol. The van der Waals surface area contributed by atoms with Crippen LogP contribution < -0.4 is 19.7 Å². The van der Waals surface area contributed by atoms with Gasteiger partial charge in [0, 0.05) is 19.0 Å². The van der Waals surface area contributed by atoms with Gasteiger partial charge in [-0.3, -0.25) is 9.59 Å². The lowest BCUT2D eigenvalue weighted by Gasteiger charge is -2.21. The zero-order valence-electron chi connectivity index (χ0n) is 15.4. The summed E-state index contributed by atoms with van der Waals surface area (Å²) < 4.78 is 10.5. The predicted molar refractivity (Wildman–Crippen MR) is 102 cm³/mol. The number of hydrogen-bond donors (Lipinski definition) is 2. The van der Waals surface area contributed by atoms with Crippen molar-refractivity contribution in [3.63, 3.8) is 0 Å². The molecule has 26 heavy (non-hydrogen) atoms. The molecule has 1 aliphatic heterocycles. The minimum absolute atomic E-state index is 0.108. The third-order valence-corrected chi connectivity index (χ3v) is 5.05. The van der Waals surface area contributed by atoms with Crippen LogP contribution in [0.2, 0.25) is 0 Å². The molecule has 1 saturated heterocycles. The Hall–Kier alpha value is -1.93. The molecule has 0 spiro atoms. The number of nitrogens with zero attached hydrogens (tertiary/aromatic N) is 1. The van der Waals surface area contributed by atoms with E-state index in [1.165, 1.54) is 7.11 Å². The van der Waals surface area contributed by atoms with Crippen LogP contribution in [0.3, 0.4) is 0 Å². The standard InChI is InChI=1S/C18H26N2O5S/c1-24-14-4-5-15(16(9-14)25-2)20-10-12(8-17(20)22)18(23)19-13(11-21)6-7-26-3/h4-5,9,12-13,21H,6-8,10-11H2,1-3H3,(H,19,23). The summed E-state index contributed by atoms with van der Waals surface area (Å²) in [5.74, 6) is 1.23. The van der Waals surface area contributed by atoms with Crippen molar-refractivity contribution in [1.82, 2.24) is 5.32 Å². The summed E-state index contributed by atoms with van der Waals surface area (Å²) in [6.07, 6.45) is 2.81. The number of carbonyl (C=O) groups excluding carboxylic acids is 2. The van der Waals surface area contributed by atoms with Gasteiger partial charge in [-0.15, -0.1) is 0 Å². The molecule has 2 rings (SSSR count). The first kappa shape index (κ1) is 20.4. The van der Waals surface area contributed by atoms with Gasteiger partial charge in [0.15, 0.2) is 0 Å². The molecule has 144 valence electrons. The number of rotatable bonds is 9. The molecule has 0 bridgehead atoms. The molecule has 8 heteroatoms. The van der Waals surface area contributed by atoms with E-state index in [-0.39, 0.29) is 37.4 Å². The van der Waals surface area contributed by atoms with E-state index in [4.69, 9.17) is 9.47 Å². The minimum Gasteiger partial charge on any atom is -0.497 e. The predicted octanol–water partition coefficient (Wildman–Crippen LogP) is 1.29. The number of nitrogens with one attached hydrogen (secondary N) is 1. The van der Waals surface area contributed by atoms with Gasteiger partial charge in [-0.2, -0.15) is 11.8 Å². The first-order valence-corrected chi connectivity index (χ1v) is 9.86. The van der Waals surface area contributed by atoms with E-state index in [1.54, 1.807) is 42.0 Å². The normalized spacial score (nSPS) is 17.9. The van der Waals surface area contributed by atoms with Crippen molar-refractivity contribution < 1.29 is 24.2 Å². The molecular weight excluding hydrogens is 356 g/mol. The molecule has 1 aromatic carbocycles. The molecule has 1 aromatic rings. The molecule has 7 nitrogen and oxygen atoms in total. The van der Waals surface area contributed by atoms with Crippen molar-refractivity contribution >= 4 is 29.3 Å². The lowest BCUT2D eigenvalue weighted by atomic mass is 10.1. The highest BCUT2D eigenvalue weighted by Gasteiger charge is 2.36. The Balaban J connectivity index is 2.07. The Bertz CT molecular complexity index is 640. The quantitative estimate of drug-likeness (QED) is 0.669. The summed E-state index contributed by atoms with van der Waals surface area (Å²) in [7, 11) is 3.09. The summed E-state index contributed by atoms with van der Waals surface area (Å²) in [6.45, 7) is 0.178. The second-order valence-electron chi connectivity index (χ2n) is 6.11. The average Bonchev–Trinajstić information content (AvgIpc) is 3.05. The maximum Gasteiger partial charge on any atom is 0.227 e. The van der Waals surface area contributed by atoms with E-state index in [0.717, 1.165) is 5.75 Å². The zero-order valence-corrected chi connectivity index (χ0v) is 16.2. The third kappa shape index (κ3) is 4.82. The number of amides is 2. The average molecular weight is 382 g/mol. The van der Waals surface area contributed by atoms with Crippen molar-refractivity contribution in [2.24, 2.45) is 5.92 Å². The van der Waals surface area contributed by atoms with Gasteiger partial charge in [0.25, 0.3) is 0 Å². The van der Waals surface area contributed by atoms with Crippen molar-refractivity contribution in [2.75, 3.05) is 44.3 Å². The topological polar surface area (TPSA) is 88.1 Å². The Kier molecular flexibility index (Phi) is 7.59. The molecule has 0 aliphatic carbocycles. The van der Waals surface area contributed by atoms with Crippen LogP contribution in [0.4, 0.5) is 5.69 Å². The molecule has 0 aromatic heterocycles. The number of anilines is 1. The van der Waals surface area contributed by atoms with E-state index in [9.17, 15) is 14.7 Å². The summed E-state index contributed by atoms with van der Waals surface area (Å²) in [5.41, 5.74) is 0.620. The first-order chi connectivity index (χ1) is 12.5. The van der Waals surface area contributed by atoms with Gasteiger partial charge in [-0.05, 0) is 30.6 Å². The number of benzene rings is 1. The molecule has 1 aliphatic rings. The summed E-state index contributed by atoms with van der Waals surface area (Å²) in [4.78, 5) is 26.5. The number of thioether (sulfide) groups is 1. The number of carbonyl (C=O) groups is 2. The molecule has 1 fully saturated rings. The second kappa shape index (κ2) is 9.68. The number of methoxy groups -OCH3 is 2. The highest BCUT2D eigenvalue weighted by atomic mass is 32.2. The van der Waals surface area contributed by atoms with Crippen molar-refractivity contribution in [2.45, 2.75) is 18.9 Å². The second-order valence-corrected chi connectivity index (χ2v) is 7.10. The van der Waals surface area contributed by atoms with E-state index >= 15 is 0 Å². The fraction of sp³-hybridized carbons (Fsp3) is 0.556. The smallest absolute Gasteiger partial charge is 0.227 e. The molecule has 0 saturated carbocycles. The van der Waals surface area contributed by atoms with Gasteiger partial charge in [-0.25, -0.2) is 0 Å². The number of hydrogen-bond acceptors (Lipinski definition) is 6. The molecule has 2 atom stereocenters. The SMILES string of the molecule is COc1ccc(N2CC(C(=O)NC(CO)CCSC)CC2=O)c(OC)c1. The Labute approximate surface area is 158 Å². The van der Waals surface area contributed by atoms with Crippen LogP contribution in [0.15, 0.2) is 18.2 Å². The highest BCUT2D eigenvalue weighted by molar-refractivity contribution is 7.98. The van der Waals surface area contributed by atoms with Crippen molar-refractivity contribution in [1.29, 1.82) is 0 Å². The van der Waals surface area contributed by atoms with Gasteiger partial charge in [0.2, 0.25) is 11.8 Å². The van der Waals surface area contributed by atoms with Crippen LogP contribution in [0, 0.1) is 5.92 Å². The molecular formula is C18H26N2O5S. The Morgan fingerprint density at radius 2 is 2.19 bits per heavy atom. The fourth-order valence-electron chi connectivity index (χ4n) is 2.91. The summed E-state index contributed by atoms with van der Waals surface area (Å²) in [5, 5.41) is 12.3. The van der Waals surface area contributed by atoms with E-state index in [1.807, 2.05) is 6.26 Å². The molecule has 2 unspecified atom stereocenters. The van der Waals surface area contributed by atoms with Crippen LogP contribution >= 0.6 is 11.8 Å². The van der Waals surface area contributed by atoms with E-state index in [2.05, 4.69) is 5.32 Å². The number of aliphatic hydroxyl groups excluding tert-OH is 1. The molecule has 1 heterocycles. The van der Waals surface area contributed by atoms with Crippen molar-refractivity contribution in [3.05, 3.63) is 18.2 Å². The molecule has 0 radical (unpaired) electrons. The number of ether oxygens (including phenoxy) is 2. The third-order valence-electron chi connectivity index (χ3n) is 4.41. The molecule has 2 amide bonds. The van der Waals surface area contributed by atoms with Crippen LogP contribution in [0.1, 0.15) is 12.8 Å². The first-order valence-electron chi connectivity index (χ1n) is 8.46. The molecule has 2 N–H and O–H groups in total. The van der Waals surface area contributed by atoms with Crippen LogP contribution in [0.25, 0.3) is 0 Å². The van der Waals surface area contributed by atoms with Gasteiger partial charge in [-0.1, -0.05) is 0 Å².